The first kappa shape index (κ1) is 12.4. The first-order valence-corrected chi connectivity index (χ1v) is 6.75. The minimum absolute atomic E-state index is 0.413. The molecule has 0 aliphatic heterocycles. The number of benzene rings is 1. The number of rotatable bonds is 2. The molecule has 0 bridgehead atoms. The Hall–Kier alpha value is -1.65. The number of fused-ring (bicyclic) bond motifs is 1. The molecule has 0 saturated heterocycles. The van der Waals surface area contributed by atoms with Gasteiger partial charge in [-0.3, -0.25) is 9.20 Å². The first-order chi connectivity index (χ1) is 9.19. The Morgan fingerprint density at radius 2 is 2.11 bits per heavy atom. The molecular weight excluding hydrogens is 328 g/mol. The van der Waals surface area contributed by atoms with E-state index in [0.29, 0.717) is 16.5 Å². The number of pyridine rings is 1. The number of carbonyl (C=O) groups excluding carboxylic acids is 1. The van der Waals surface area contributed by atoms with Gasteiger partial charge in [0.25, 0.3) is 0 Å². The molecule has 2 aromatic heterocycles. The van der Waals surface area contributed by atoms with Gasteiger partial charge in [0, 0.05) is 21.3 Å². The van der Waals surface area contributed by atoms with E-state index in [2.05, 4.69) is 20.9 Å². The summed E-state index contributed by atoms with van der Waals surface area (Å²) in [5.41, 5.74) is 2.05. The van der Waals surface area contributed by atoms with Crippen LogP contribution in [0.1, 0.15) is 10.5 Å². The Kier molecular flexibility index (Phi) is 3.12. The molecule has 0 aliphatic carbocycles. The third-order valence-corrected chi connectivity index (χ3v) is 3.56. The SMILES string of the molecule is O=Cc1nc(-c2cccc(Cl)c2)n2ccc(Br)cc12. The second-order valence-electron chi connectivity index (χ2n) is 4.05. The van der Waals surface area contributed by atoms with E-state index in [1.54, 1.807) is 6.07 Å². The molecule has 94 valence electrons. The van der Waals surface area contributed by atoms with E-state index in [-0.39, 0.29) is 0 Å². The van der Waals surface area contributed by atoms with E-state index < -0.39 is 0 Å². The fourth-order valence-corrected chi connectivity index (χ4v) is 2.52. The Bertz CT molecular complexity index is 782. The van der Waals surface area contributed by atoms with Crippen molar-refractivity contribution in [3.05, 3.63) is 57.8 Å². The van der Waals surface area contributed by atoms with E-state index in [9.17, 15) is 4.79 Å². The molecule has 0 saturated carbocycles. The van der Waals surface area contributed by atoms with Gasteiger partial charge in [0.1, 0.15) is 11.5 Å². The van der Waals surface area contributed by atoms with Crippen molar-refractivity contribution in [3.8, 4) is 11.4 Å². The molecule has 3 nitrogen and oxygen atoms in total. The summed E-state index contributed by atoms with van der Waals surface area (Å²) in [7, 11) is 0. The molecule has 0 unspecified atom stereocenters. The van der Waals surface area contributed by atoms with Crippen molar-refractivity contribution < 1.29 is 4.79 Å². The molecule has 2 heterocycles. The highest BCUT2D eigenvalue weighted by Gasteiger charge is 2.12. The van der Waals surface area contributed by atoms with Crippen LogP contribution in [-0.4, -0.2) is 15.7 Å². The number of halogens is 2. The maximum atomic E-state index is 11.1. The Balaban J connectivity index is 2.33. The third kappa shape index (κ3) is 2.17. The van der Waals surface area contributed by atoms with Gasteiger partial charge in [0.05, 0.1) is 5.52 Å². The molecule has 0 fully saturated rings. The van der Waals surface area contributed by atoms with Crippen LogP contribution >= 0.6 is 27.5 Å². The lowest BCUT2D eigenvalue weighted by Gasteiger charge is -2.02. The van der Waals surface area contributed by atoms with Crippen LogP contribution in [0.5, 0.6) is 0 Å². The van der Waals surface area contributed by atoms with Crippen LogP contribution in [-0.2, 0) is 0 Å². The van der Waals surface area contributed by atoms with E-state index in [1.807, 2.05) is 40.9 Å². The van der Waals surface area contributed by atoms with Gasteiger partial charge in [-0.25, -0.2) is 4.98 Å². The summed E-state index contributed by atoms with van der Waals surface area (Å²) in [5.74, 6) is 0.701. The Labute approximate surface area is 123 Å². The molecule has 0 atom stereocenters. The predicted molar refractivity (Wildman–Crippen MR) is 78.7 cm³/mol. The average Bonchev–Trinajstić information content (AvgIpc) is 2.76. The molecule has 0 spiro atoms. The average molecular weight is 336 g/mol. The maximum Gasteiger partial charge on any atom is 0.170 e. The van der Waals surface area contributed by atoms with E-state index in [4.69, 9.17) is 11.6 Å². The summed E-state index contributed by atoms with van der Waals surface area (Å²) >= 11 is 9.39. The smallest absolute Gasteiger partial charge is 0.170 e. The van der Waals surface area contributed by atoms with Crippen LogP contribution in [0, 0.1) is 0 Å². The highest BCUT2D eigenvalue weighted by atomic mass is 79.9. The maximum absolute atomic E-state index is 11.1. The lowest BCUT2D eigenvalue weighted by atomic mass is 10.2. The predicted octanol–water partition coefficient (Wildman–Crippen LogP) is 4.23. The van der Waals surface area contributed by atoms with E-state index >= 15 is 0 Å². The second kappa shape index (κ2) is 4.79. The number of carbonyl (C=O) groups is 1. The van der Waals surface area contributed by atoms with Crippen LogP contribution in [0.3, 0.4) is 0 Å². The van der Waals surface area contributed by atoms with Crippen molar-refractivity contribution in [2.24, 2.45) is 0 Å². The number of aromatic nitrogens is 2. The lowest BCUT2D eigenvalue weighted by molar-refractivity contribution is 0.112. The van der Waals surface area contributed by atoms with Gasteiger partial charge in [-0.2, -0.15) is 0 Å². The molecule has 1 aromatic carbocycles. The highest BCUT2D eigenvalue weighted by molar-refractivity contribution is 9.10. The van der Waals surface area contributed by atoms with Gasteiger partial charge in [0.2, 0.25) is 0 Å². The molecule has 3 aromatic rings. The fourth-order valence-electron chi connectivity index (χ4n) is 2.00. The number of aldehydes is 1. The molecule has 3 rings (SSSR count). The van der Waals surface area contributed by atoms with Gasteiger partial charge >= 0.3 is 0 Å². The quantitative estimate of drug-likeness (QED) is 0.657. The van der Waals surface area contributed by atoms with E-state index in [1.165, 1.54) is 0 Å². The molecule has 0 N–H and O–H groups in total. The number of nitrogens with zero attached hydrogens (tertiary/aromatic N) is 2. The van der Waals surface area contributed by atoms with Crippen LogP contribution in [0.25, 0.3) is 16.9 Å². The van der Waals surface area contributed by atoms with Crippen molar-refractivity contribution in [1.29, 1.82) is 0 Å². The van der Waals surface area contributed by atoms with Gasteiger partial charge in [0.15, 0.2) is 6.29 Å². The minimum atomic E-state index is 0.413. The molecule has 5 heteroatoms. The summed E-state index contributed by atoms with van der Waals surface area (Å²) in [6, 6.07) is 11.2. The topological polar surface area (TPSA) is 34.4 Å². The fraction of sp³-hybridized carbons (Fsp3) is 0. The van der Waals surface area contributed by atoms with Crippen molar-refractivity contribution >= 4 is 39.3 Å². The summed E-state index contributed by atoms with van der Waals surface area (Å²) in [6.07, 6.45) is 2.63. The number of hydrogen-bond acceptors (Lipinski definition) is 2. The second-order valence-corrected chi connectivity index (χ2v) is 5.40. The first-order valence-electron chi connectivity index (χ1n) is 5.58. The summed E-state index contributed by atoms with van der Waals surface area (Å²) in [6.45, 7) is 0. The van der Waals surface area contributed by atoms with Crippen molar-refractivity contribution in [2.45, 2.75) is 0 Å². The monoisotopic (exact) mass is 334 g/mol. The lowest BCUT2D eigenvalue weighted by Crippen LogP contribution is -1.88. The minimum Gasteiger partial charge on any atom is -0.299 e. The van der Waals surface area contributed by atoms with Gasteiger partial charge in [-0.1, -0.05) is 39.7 Å². The van der Waals surface area contributed by atoms with Crippen LogP contribution in [0.2, 0.25) is 5.02 Å². The van der Waals surface area contributed by atoms with Crippen molar-refractivity contribution in [1.82, 2.24) is 9.38 Å². The summed E-state index contributed by atoms with van der Waals surface area (Å²) in [4.78, 5) is 15.5. The highest BCUT2D eigenvalue weighted by Crippen LogP contribution is 2.26. The van der Waals surface area contributed by atoms with Gasteiger partial charge < -0.3 is 0 Å². The molecular formula is C14H8BrClN2O. The van der Waals surface area contributed by atoms with Crippen molar-refractivity contribution in [2.75, 3.05) is 0 Å². The summed E-state index contributed by atoms with van der Waals surface area (Å²) < 4.78 is 2.78. The molecule has 19 heavy (non-hydrogen) atoms. The summed E-state index contributed by atoms with van der Waals surface area (Å²) in [5, 5.41) is 0.638. The Morgan fingerprint density at radius 1 is 1.26 bits per heavy atom. The zero-order valence-corrected chi connectivity index (χ0v) is 12.0. The molecule has 0 amide bonds. The van der Waals surface area contributed by atoms with Crippen LogP contribution in [0.4, 0.5) is 0 Å². The number of imidazole rings is 1. The van der Waals surface area contributed by atoms with Crippen LogP contribution < -0.4 is 0 Å². The third-order valence-electron chi connectivity index (χ3n) is 2.83. The largest absolute Gasteiger partial charge is 0.299 e. The van der Waals surface area contributed by atoms with E-state index in [0.717, 1.165) is 21.8 Å². The molecule has 0 radical (unpaired) electrons. The zero-order chi connectivity index (χ0) is 13.4. The normalized spacial score (nSPS) is 10.8. The Morgan fingerprint density at radius 3 is 2.84 bits per heavy atom. The van der Waals surface area contributed by atoms with Gasteiger partial charge in [-0.05, 0) is 24.3 Å². The number of hydrogen-bond donors (Lipinski definition) is 0. The molecule has 0 aliphatic rings. The standard InChI is InChI=1S/C14H8BrClN2O/c15-10-4-5-18-13(7-10)12(8-19)17-14(18)9-2-1-3-11(16)6-9/h1-8H. The van der Waals surface area contributed by atoms with Crippen LogP contribution in [0.15, 0.2) is 47.1 Å². The zero-order valence-electron chi connectivity index (χ0n) is 9.68. The van der Waals surface area contributed by atoms with Crippen molar-refractivity contribution in [3.63, 3.8) is 0 Å². The van der Waals surface area contributed by atoms with Gasteiger partial charge in [-0.15, -0.1) is 0 Å².